The van der Waals surface area contributed by atoms with Gasteiger partial charge >= 0.3 is 0 Å². The molecule has 0 spiro atoms. The fourth-order valence-electron chi connectivity index (χ4n) is 3.93. The highest BCUT2D eigenvalue weighted by Gasteiger charge is 2.20. The number of rotatable bonds is 7. The van der Waals surface area contributed by atoms with Crippen LogP contribution in [0.15, 0.2) is 77.4 Å². The Morgan fingerprint density at radius 2 is 1.77 bits per heavy atom. The van der Waals surface area contributed by atoms with Crippen molar-refractivity contribution in [1.82, 2.24) is 10.6 Å². The van der Waals surface area contributed by atoms with Crippen molar-refractivity contribution in [2.75, 3.05) is 18.0 Å². The summed E-state index contributed by atoms with van der Waals surface area (Å²) in [5, 5.41) is 6.65. The summed E-state index contributed by atoms with van der Waals surface area (Å²) in [7, 11) is 0. The number of hydrogen-bond donors (Lipinski definition) is 2. The minimum Gasteiger partial charge on any atom is -0.468 e. The van der Waals surface area contributed by atoms with Crippen LogP contribution >= 0.6 is 0 Å². The lowest BCUT2D eigenvalue weighted by atomic mass is 10.0. The molecule has 1 fully saturated rings. The van der Waals surface area contributed by atoms with E-state index in [2.05, 4.69) is 27.7 Å². The Morgan fingerprint density at radius 3 is 2.43 bits per heavy atom. The van der Waals surface area contributed by atoms with E-state index in [9.17, 15) is 4.79 Å². The second kappa shape index (κ2) is 9.63. The zero-order valence-electron chi connectivity index (χ0n) is 17.4. The quantitative estimate of drug-likeness (QED) is 0.609. The van der Waals surface area contributed by atoms with Gasteiger partial charge in [0.05, 0.1) is 18.8 Å². The summed E-state index contributed by atoms with van der Waals surface area (Å²) in [6.07, 6.45) is 3.90. The maximum absolute atomic E-state index is 12.6. The summed E-state index contributed by atoms with van der Waals surface area (Å²) in [5.41, 5.74) is 2.97. The van der Waals surface area contributed by atoms with E-state index < -0.39 is 0 Å². The van der Waals surface area contributed by atoms with Crippen molar-refractivity contribution >= 4 is 11.6 Å². The number of nitrogens with zero attached hydrogens (tertiary/aromatic N) is 1. The topological polar surface area (TPSA) is 57.5 Å². The molecule has 1 atom stereocenters. The van der Waals surface area contributed by atoms with Crippen molar-refractivity contribution < 1.29 is 9.21 Å². The fraction of sp³-hybridized carbons (Fsp3) is 0.320. The summed E-state index contributed by atoms with van der Waals surface area (Å²) >= 11 is 0. The molecular weight excluding hydrogens is 374 g/mol. The van der Waals surface area contributed by atoms with E-state index >= 15 is 0 Å². The predicted molar refractivity (Wildman–Crippen MR) is 120 cm³/mol. The van der Waals surface area contributed by atoms with E-state index in [1.54, 1.807) is 6.26 Å². The molecular formula is C25H29N3O2. The van der Waals surface area contributed by atoms with Crippen LogP contribution in [0.2, 0.25) is 0 Å². The van der Waals surface area contributed by atoms with Gasteiger partial charge in [-0.15, -0.1) is 0 Å². The fourth-order valence-corrected chi connectivity index (χ4v) is 3.93. The lowest BCUT2D eigenvalue weighted by Gasteiger charge is -2.34. The maximum atomic E-state index is 12.6. The third-order valence-electron chi connectivity index (χ3n) is 5.78. The highest BCUT2D eigenvalue weighted by molar-refractivity contribution is 5.94. The normalized spacial score (nSPS) is 15.7. The lowest BCUT2D eigenvalue weighted by Crippen LogP contribution is -2.42. The van der Waals surface area contributed by atoms with Gasteiger partial charge in [0.25, 0.3) is 5.91 Å². The van der Waals surface area contributed by atoms with Crippen molar-refractivity contribution in [2.24, 2.45) is 0 Å². The molecule has 5 heteroatoms. The molecule has 0 bridgehead atoms. The highest BCUT2D eigenvalue weighted by atomic mass is 16.3. The van der Waals surface area contributed by atoms with Gasteiger partial charge in [-0.1, -0.05) is 30.3 Å². The van der Waals surface area contributed by atoms with Gasteiger partial charge in [0.1, 0.15) is 5.76 Å². The number of benzene rings is 2. The number of carbonyl (C=O) groups excluding carboxylic acids is 1. The van der Waals surface area contributed by atoms with Crippen LogP contribution < -0.4 is 15.5 Å². The number of furan rings is 1. The Balaban J connectivity index is 1.27. The van der Waals surface area contributed by atoms with Crippen LogP contribution in [0.1, 0.15) is 47.5 Å². The molecule has 1 aliphatic rings. The highest BCUT2D eigenvalue weighted by Crippen LogP contribution is 2.21. The van der Waals surface area contributed by atoms with Gasteiger partial charge in [-0.3, -0.25) is 4.79 Å². The van der Waals surface area contributed by atoms with Gasteiger partial charge < -0.3 is 20.0 Å². The van der Waals surface area contributed by atoms with Crippen LogP contribution in [0.5, 0.6) is 0 Å². The van der Waals surface area contributed by atoms with Crippen LogP contribution in [0.25, 0.3) is 0 Å². The third kappa shape index (κ3) is 5.10. The second-order valence-electron chi connectivity index (χ2n) is 7.87. The molecule has 1 amide bonds. The largest absolute Gasteiger partial charge is 0.468 e. The van der Waals surface area contributed by atoms with Crippen LogP contribution in [0, 0.1) is 0 Å². The minimum absolute atomic E-state index is 0.0221. The van der Waals surface area contributed by atoms with E-state index in [-0.39, 0.29) is 11.9 Å². The Hall–Kier alpha value is -3.05. The minimum atomic E-state index is -0.0428. The van der Waals surface area contributed by atoms with E-state index in [0.717, 1.165) is 43.8 Å². The Labute approximate surface area is 178 Å². The smallest absolute Gasteiger partial charge is 0.251 e. The van der Waals surface area contributed by atoms with Crippen LogP contribution in [-0.4, -0.2) is 25.0 Å². The molecule has 156 valence electrons. The van der Waals surface area contributed by atoms with E-state index in [1.807, 2.05) is 61.5 Å². The molecule has 0 radical (unpaired) electrons. The molecule has 30 heavy (non-hydrogen) atoms. The summed E-state index contributed by atoms with van der Waals surface area (Å²) < 4.78 is 5.39. The molecule has 4 rings (SSSR count). The second-order valence-corrected chi connectivity index (χ2v) is 7.87. The summed E-state index contributed by atoms with van der Waals surface area (Å²) in [6, 6.07) is 22.4. The molecule has 5 nitrogen and oxygen atoms in total. The monoisotopic (exact) mass is 403 g/mol. The van der Waals surface area contributed by atoms with Gasteiger partial charge in [0.2, 0.25) is 0 Å². The zero-order valence-corrected chi connectivity index (χ0v) is 17.4. The molecule has 0 saturated carbocycles. The molecule has 1 saturated heterocycles. The summed E-state index contributed by atoms with van der Waals surface area (Å²) in [6.45, 7) is 4.80. The SMILES string of the molecule is CC(NC(=O)c1ccc(N2CCC(NCc3ccco3)CC2)cc1)c1ccccc1. The van der Waals surface area contributed by atoms with Gasteiger partial charge in [0.15, 0.2) is 0 Å². The lowest BCUT2D eigenvalue weighted by molar-refractivity contribution is 0.0940. The van der Waals surface area contributed by atoms with Crippen LogP contribution in [0.3, 0.4) is 0 Å². The van der Waals surface area contributed by atoms with Crippen molar-refractivity contribution in [3.8, 4) is 0 Å². The third-order valence-corrected chi connectivity index (χ3v) is 5.78. The molecule has 0 aliphatic carbocycles. The number of carbonyl (C=O) groups is 1. The Bertz CT molecular complexity index is 915. The molecule has 3 aromatic rings. The van der Waals surface area contributed by atoms with Crippen LogP contribution in [-0.2, 0) is 6.54 Å². The summed E-state index contributed by atoms with van der Waals surface area (Å²) in [4.78, 5) is 15.0. The van der Waals surface area contributed by atoms with Crippen molar-refractivity contribution in [3.63, 3.8) is 0 Å². The van der Waals surface area contributed by atoms with Gasteiger partial charge in [0, 0.05) is 30.4 Å². The first-order chi connectivity index (χ1) is 14.7. The number of nitrogens with one attached hydrogen (secondary N) is 2. The first-order valence-corrected chi connectivity index (χ1v) is 10.7. The predicted octanol–water partition coefficient (Wildman–Crippen LogP) is 4.53. The average Bonchev–Trinajstić information content (AvgIpc) is 3.32. The average molecular weight is 404 g/mol. The van der Waals surface area contributed by atoms with Gasteiger partial charge in [-0.2, -0.15) is 0 Å². The Morgan fingerprint density at radius 1 is 1.03 bits per heavy atom. The van der Waals surface area contributed by atoms with E-state index in [0.29, 0.717) is 11.6 Å². The molecule has 1 unspecified atom stereocenters. The molecule has 1 aromatic heterocycles. The maximum Gasteiger partial charge on any atom is 0.251 e. The first kappa shape index (κ1) is 20.2. The summed E-state index contributed by atoms with van der Waals surface area (Å²) in [5.74, 6) is 0.937. The van der Waals surface area contributed by atoms with E-state index in [1.165, 1.54) is 5.69 Å². The zero-order chi connectivity index (χ0) is 20.8. The van der Waals surface area contributed by atoms with Gasteiger partial charge in [-0.05, 0) is 61.7 Å². The molecule has 2 N–H and O–H groups in total. The van der Waals surface area contributed by atoms with Crippen LogP contribution in [0.4, 0.5) is 5.69 Å². The Kier molecular flexibility index (Phi) is 6.50. The molecule has 1 aliphatic heterocycles. The van der Waals surface area contributed by atoms with Crippen molar-refractivity contribution in [3.05, 3.63) is 89.9 Å². The first-order valence-electron chi connectivity index (χ1n) is 10.7. The van der Waals surface area contributed by atoms with E-state index in [4.69, 9.17) is 4.42 Å². The number of piperidine rings is 1. The standard InChI is InChI=1S/C25H29N3O2/c1-19(20-6-3-2-4-7-20)27-25(29)21-9-11-23(12-10-21)28-15-13-22(14-16-28)26-18-24-8-5-17-30-24/h2-12,17,19,22,26H,13-16,18H2,1H3,(H,27,29). The number of hydrogen-bond acceptors (Lipinski definition) is 4. The molecule has 2 heterocycles. The van der Waals surface area contributed by atoms with Gasteiger partial charge in [-0.25, -0.2) is 0 Å². The van der Waals surface area contributed by atoms with Crippen molar-refractivity contribution in [2.45, 2.75) is 38.4 Å². The molecule has 2 aromatic carbocycles. The van der Waals surface area contributed by atoms with Crippen molar-refractivity contribution in [1.29, 1.82) is 0 Å². The number of anilines is 1. The number of amides is 1.